The maximum absolute atomic E-state index is 12.3. The zero-order valence-corrected chi connectivity index (χ0v) is 14.7. The van der Waals surface area contributed by atoms with Crippen LogP contribution in [0.25, 0.3) is 0 Å². The van der Waals surface area contributed by atoms with Crippen molar-refractivity contribution in [3.05, 3.63) is 57.2 Å². The number of hydrogen-bond donors (Lipinski definition) is 0. The molecule has 1 saturated heterocycles. The van der Waals surface area contributed by atoms with Gasteiger partial charge in [-0.3, -0.25) is 9.69 Å². The first-order valence-electron chi connectivity index (χ1n) is 7.98. The molecule has 122 valence electrons. The zero-order valence-electron chi connectivity index (χ0n) is 13.1. The molecule has 0 unspecified atom stereocenters. The van der Waals surface area contributed by atoms with Crippen LogP contribution in [0.1, 0.15) is 16.9 Å². The number of amides is 1. The summed E-state index contributed by atoms with van der Waals surface area (Å²) in [6, 6.07) is 12.1. The molecule has 1 aromatic carbocycles. The molecular formula is C18H21ClN2OS. The molecule has 1 aliphatic heterocycles. The third-order valence-corrected chi connectivity index (χ3v) is 5.40. The second kappa shape index (κ2) is 7.95. The van der Waals surface area contributed by atoms with E-state index in [1.807, 2.05) is 23.1 Å². The van der Waals surface area contributed by atoms with Crippen LogP contribution in [0.2, 0.25) is 5.02 Å². The normalized spacial score (nSPS) is 15.8. The summed E-state index contributed by atoms with van der Waals surface area (Å²) < 4.78 is 0. The smallest absolute Gasteiger partial charge is 0.223 e. The van der Waals surface area contributed by atoms with Crippen LogP contribution < -0.4 is 0 Å². The minimum atomic E-state index is 0.282. The summed E-state index contributed by atoms with van der Waals surface area (Å²) in [4.78, 5) is 18.0. The number of thiophene rings is 1. The Bertz CT molecular complexity index is 619. The lowest BCUT2D eigenvalue weighted by Crippen LogP contribution is -2.48. The highest BCUT2D eigenvalue weighted by atomic mass is 35.5. The molecule has 23 heavy (non-hydrogen) atoms. The van der Waals surface area contributed by atoms with Gasteiger partial charge in [0.1, 0.15) is 0 Å². The molecule has 5 heteroatoms. The van der Waals surface area contributed by atoms with Gasteiger partial charge in [0.25, 0.3) is 0 Å². The number of rotatable bonds is 5. The Morgan fingerprint density at radius 1 is 1.09 bits per heavy atom. The zero-order chi connectivity index (χ0) is 16.1. The molecule has 0 N–H and O–H groups in total. The van der Waals surface area contributed by atoms with Crippen molar-refractivity contribution in [1.82, 2.24) is 9.80 Å². The molecule has 3 rings (SSSR count). The van der Waals surface area contributed by atoms with Crippen molar-refractivity contribution in [3.63, 3.8) is 0 Å². The van der Waals surface area contributed by atoms with Gasteiger partial charge in [-0.1, -0.05) is 29.8 Å². The van der Waals surface area contributed by atoms with Gasteiger partial charge >= 0.3 is 0 Å². The average molecular weight is 349 g/mol. The Morgan fingerprint density at radius 2 is 1.83 bits per heavy atom. The molecule has 0 atom stereocenters. The molecular weight excluding hydrogens is 328 g/mol. The summed E-state index contributed by atoms with van der Waals surface area (Å²) >= 11 is 7.64. The SMILES string of the molecule is O=C(CCc1cccs1)N1CCN(Cc2ccc(Cl)cc2)CC1. The Kier molecular flexibility index (Phi) is 5.70. The number of piperazine rings is 1. The monoisotopic (exact) mass is 348 g/mol. The van der Waals surface area contributed by atoms with Crippen molar-refractivity contribution >= 4 is 28.8 Å². The molecule has 2 aromatic rings. The Morgan fingerprint density at radius 3 is 2.48 bits per heavy atom. The Hall–Kier alpha value is -1.36. The van der Waals surface area contributed by atoms with Crippen molar-refractivity contribution in [2.75, 3.05) is 26.2 Å². The van der Waals surface area contributed by atoms with Crippen LogP contribution in [0, 0.1) is 0 Å². The van der Waals surface area contributed by atoms with Gasteiger partial charge < -0.3 is 4.90 Å². The van der Waals surface area contributed by atoms with Crippen LogP contribution in [0.15, 0.2) is 41.8 Å². The van der Waals surface area contributed by atoms with Crippen LogP contribution in [0.5, 0.6) is 0 Å². The summed E-state index contributed by atoms with van der Waals surface area (Å²) in [6.45, 7) is 4.46. The second-order valence-electron chi connectivity index (χ2n) is 5.86. The van der Waals surface area contributed by atoms with Gasteiger partial charge in [0, 0.05) is 49.0 Å². The van der Waals surface area contributed by atoms with Crippen molar-refractivity contribution in [3.8, 4) is 0 Å². The topological polar surface area (TPSA) is 23.6 Å². The maximum atomic E-state index is 12.3. The van der Waals surface area contributed by atoms with Crippen LogP contribution in [-0.2, 0) is 17.8 Å². The van der Waals surface area contributed by atoms with Crippen molar-refractivity contribution in [1.29, 1.82) is 0 Å². The number of halogens is 1. The van der Waals surface area contributed by atoms with Crippen molar-refractivity contribution in [2.45, 2.75) is 19.4 Å². The molecule has 0 aliphatic carbocycles. The van der Waals surface area contributed by atoms with Gasteiger partial charge in [0.05, 0.1) is 0 Å². The van der Waals surface area contributed by atoms with E-state index < -0.39 is 0 Å². The van der Waals surface area contributed by atoms with E-state index in [1.54, 1.807) is 11.3 Å². The van der Waals surface area contributed by atoms with Crippen LogP contribution in [0.4, 0.5) is 0 Å². The first-order chi connectivity index (χ1) is 11.2. The number of carbonyl (C=O) groups excluding carboxylic acids is 1. The Labute approximate surface area is 146 Å². The lowest BCUT2D eigenvalue weighted by Gasteiger charge is -2.34. The lowest BCUT2D eigenvalue weighted by atomic mass is 10.2. The van der Waals surface area contributed by atoms with Gasteiger partial charge in [-0.05, 0) is 35.6 Å². The number of carbonyl (C=O) groups is 1. The van der Waals surface area contributed by atoms with Crippen molar-refractivity contribution in [2.24, 2.45) is 0 Å². The van der Waals surface area contributed by atoms with Gasteiger partial charge in [-0.15, -0.1) is 11.3 Å². The third-order valence-electron chi connectivity index (χ3n) is 4.21. The molecule has 1 aromatic heterocycles. The predicted molar refractivity (Wildman–Crippen MR) is 95.9 cm³/mol. The lowest BCUT2D eigenvalue weighted by molar-refractivity contribution is -0.132. The van der Waals surface area contributed by atoms with Crippen LogP contribution >= 0.6 is 22.9 Å². The summed E-state index contributed by atoms with van der Waals surface area (Å²) in [7, 11) is 0. The molecule has 1 fully saturated rings. The van der Waals surface area contributed by atoms with Crippen molar-refractivity contribution < 1.29 is 4.79 Å². The van der Waals surface area contributed by atoms with E-state index in [0.717, 1.165) is 44.2 Å². The maximum Gasteiger partial charge on any atom is 0.223 e. The van der Waals surface area contributed by atoms with E-state index in [0.29, 0.717) is 6.42 Å². The standard InChI is InChI=1S/C18H21ClN2OS/c19-16-5-3-15(4-6-16)14-20-9-11-21(12-10-20)18(22)8-7-17-2-1-13-23-17/h1-6,13H,7-12,14H2. The first-order valence-corrected chi connectivity index (χ1v) is 9.23. The minimum absolute atomic E-state index is 0.282. The summed E-state index contributed by atoms with van der Waals surface area (Å²) in [5.74, 6) is 0.282. The van der Waals surface area contributed by atoms with Gasteiger partial charge in [0.2, 0.25) is 5.91 Å². The third kappa shape index (κ3) is 4.80. The molecule has 0 saturated carbocycles. The molecule has 0 spiro atoms. The largest absolute Gasteiger partial charge is 0.340 e. The number of aryl methyl sites for hydroxylation is 1. The fraction of sp³-hybridized carbons (Fsp3) is 0.389. The summed E-state index contributed by atoms with van der Waals surface area (Å²) in [5.41, 5.74) is 1.27. The molecule has 0 radical (unpaired) electrons. The molecule has 1 aliphatic rings. The quantitative estimate of drug-likeness (QED) is 0.823. The molecule has 0 bridgehead atoms. The highest BCUT2D eigenvalue weighted by Gasteiger charge is 2.20. The number of benzene rings is 1. The molecule has 2 heterocycles. The van der Waals surface area contributed by atoms with Crippen LogP contribution in [-0.4, -0.2) is 41.9 Å². The number of hydrogen-bond acceptors (Lipinski definition) is 3. The molecule has 3 nitrogen and oxygen atoms in total. The average Bonchev–Trinajstić information content (AvgIpc) is 3.09. The molecule has 1 amide bonds. The summed E-state index contributed by atoms with van der Waals surface area (Å²) in [6.07, 6.45) is 1.49. The van der Waals surface area contributed by atoms with Gasteiger partial charge in [0.15, 0.2) is 0 Å². The summed E-state index contributed by atoms with van der Waals surface area (Å²) in [5, 5.41) is 2.84. The predicted octanol–water partition coefficient (Wildman–Crippen LogP) is 3.68. The fourth-order valence-electron chi connectivity index (χ4n) is 2.85. The minimum Gasteiger partial charge on any atom is -0.340 e. The Balaban J connectivity index is 1.42. The van der Waals surface area contributed by atoms with Gasteiger partial charge in [-0.25, -0.2) is 0 Å². The van der Waals surface area contributed by atoms with E-state index in [1.165, 1.54) is 10.4 Å². The van der Waals surface area contributed by atoms with E-state index in [-0.39, 0.29) is 5.91 Å². The van der Waals surface area contributed by atoms with Gasteiger partial charge in [-0.2, -0.15) is 0 Å². The van der Waals surface area contributed by atoms with E-state index in [9.17, 15) is 4.79 Å². The highest BCUT2D eigenvalue weighted by molar-refractivity contribution is 7.09. The van der Waals surface area contributed by atoms with E-state index in [2.05, 4.69) is 28.5 Å². The highest BCUT2D eigenvalue weighted by Crippen LogP contribution is 2.15. The fourth-order valence-corrected chi connectivity index (χ4v) is 3.68. The van der Waals surface area contributed by atoms with Crippen LogP contribution in [0.3, 0.4) is 0 Å². The first kappa shape index (κ1) is 16.5. The second-order valence-corrected chi connectivity index (χ2v) is 7.33. The van der Waals surface area contributed by atoms with E-state index in [4.69, 9.17) is 11.6 Å². The number of nitrogens with zero attached hydrogens (tertiary/aromatic N) is 2. The van der Waals surface area contributed by atoms with E-state index >= 15 is 0 Å².